The van der Waals surface area contributed by atoms with Crippen LogP contribution in [0.1, 0.15) is 19.3 Å². The van der Waals surface area contributed by atoms with Crippen molar-refractivity contribution in [1.29, 1.82) is 0 Å². The van der Waals surface area contributed by atoms with Crippen LogP contribution in [0.25, 0.3) is 0 Å². The maximum Gasteiger partial charge on any atom is 0.273 e. The van der Waals surface area contributed by atoms with E-state index in [0.717, 1.165) is 25.5 Å². The third-order valence-corrected chi connectivity index (χ3v) is 3.80. The zero-order valence-corrected chi connectivity index (χ0v) is 14.3. The molecule has 1 saturated heterocycles. The molecule has 0 spiro atoms. The summed E-state index contributed by atoms with van der Waals surface area (Å²) in [6.45, 7) is 1.20. The molecule has 2 rings (SSSR count). The van der Waals surface area contributed by atoms with Crippen LogP contribution >= 0.6 is 0 Å². The lowest BCUT2D eigenvalue weighted by molar-refractivity contribution is -0.384. The zero-order chi connectivity index (χ0) is 18.9. The predicted molar refractivity (Wildman–Crippen MR) is 93.2 cm³/mol. The first kappa shape index (κ1) is 19.2. The van der Waals surface area contributed by atoms with Crippen LogP contribution in [-0.2, 0) is 14.4 Å². The summed E-state index contributed by atoms with van der Waals surface area (Å²) in [7, 11) is 1.33. The Kier molecular flexibility index (Phi) is 6.89. The van der Waals surface area contributed by atoms with Gasteiger partial charge in [0.25, 0.3) is 17.5 Å². The molecular weight excluding hydrogens is 344 g/mol. The van der Waals surface area contributed by atoms with Gasteiger partial charge in [0.2, 0.25) is 0 Å². The van der Waals surface area contributed by atoms with E-state index in [1.807, 2.05) is 0 Å². The normalized spacial score (nSPS) is 14.1. The highest BCUT2D eigenvalue weighted by Crippen LogP contribution is 2.28. The number of ether oxygens (including phenoxy) is 1. The Morgan fingerprint density at radius 2 is 2.08 bits per heavy atom. The molecule has 1 aliphatic rings. The molecule has 0 aromatic heterocycles. The van der Waals surface area contributed by atoms with Gasteiger partial charge in [0.1, 0.15) is 12.0 Å². The number of carbonyl (C=O) groups is 2. The van der Waals surface area contributed by atoms with E-state index in [1.54, 1.807) is 4.90 Å². The van der Waals surface area contributed by atoms with Gasteiger partial charge in [0.15, 0.2) is 6.61 Å². The van der Waals surface area contributed by atoms with Gasteiger partial charge in [-0.3, -0.25) is 19.7 Å². The number of methoxy groups -OCH3 is 1. The Balaban J connectivity index is 1.83. The van der Waals surface area contributed by atoms with Crippen LogP contribution < -0.4 is 10.1 Å². The van der Waals surface area contributed by atoms with Crippen LogP contribution in [0, 0.1) is 10.1 Å². The Morgan fingerprint density at radius 3 is 2.73 bits per heavy atom. The van der Waals surface area contributed by atoms with Crippen molar-refractivity contribution in [2.45, 2.75) is 19.3 Å². The van der Waals surface area contributed by atoms with E-state index in [0.29, 0.717) is 13.1 Å². The van der Waals surface area contributed by atoms with Gasteiger partial charge in [-0.1, -0.05) is 5.16 Å². The molecule has 1 aliphatic heterocycles. The maximum absolute atomic E-state index is 11.9. The number of benzene rings is 1. The highest BCUT2D eigenvalue weighted by Gasteiger charge is 2.16. The number of non-ortho nitro benzene ring substituents is 1. The third kappa shape index (κ3) is 5.43. The lowest BCUT2D eigenvalue weighted by Gasteiger charge is -2.25. The summed E-state index contributed by atoms with van der Waals surface area (Å²) >= 11 is 0. The number of rotatable bonds is 7. The predicted octanol–water partition coefficient (Wildman–Crippen LogP) is 1.56. The van der Waals surface area contributed by atoms with Gasteiger partial charge in [-0.15, -0.1) is 0 Å². The van der Waals surface area contributed by atoms with Gasteiger partial charge in [-0.2, -0.15) is 0 Å². The molecule has 10 nitrogen and oxygen atoms in total. The largest absolute Gasteiger partial charge is 0.494 e. The molecule has 1 fully saturated rings. The summed E-state index contributed by atoms with van der Waals surface area (Å²) in [5.74, 6) is -0.649. The van der Waals surface area contributed by atoms with Gasteiger partial charge >= 0.3 is 0 Å². The molecule has 2 amide bonds. The highest BCUT2D eigenvalue weighted by atomic mass is 16.6. The number of oxime groups is 1. The van der Waals surface area contributed by atoms with Crippen LogP contribution in [0.15, 0.2) is 23.4 Å². The molecule has 1 aromatic rings. The summed E-state index contributed by atoms with van der Waals surface area (Å²) in [5, 5.41) is 16.7. The number of nitro groups is 1. The summed E-state index contributed by atoms with van der Waals surface area (Å²) in [6, 6.07) is 3.78. The fourth-order valence-corrected chi connectivity index (χ4v) is 2.47. The fraction of sp³-hybridized carbons (Fsp3) is 0.438. The molecule has 0 atom stereocenters. The highest BCUT2D eigenvalue weighted by molar-refractivity contribution is 6.31. The van der Waals surface area contributed by atoms with Crippen molar-refractivity contribution in [3.63, 3.8) is 0 Å². The Hall–Kier alpha value is -3.17. The Bertz CT molecular complexity index is 700. The van der Waals surface area contributed by atoms with Crippen LogP contribution in [0.3, 0.4) is 0 Å². The molecular formula is C16H20N4O6. The number of nitrogens with one attached hydrogen (secondary N) is 1. The fourth-order valence-electron chi connectivity index (χ4n) is 2.47. The molecule has 0 aliphatic carbocycles. The SMILES string of the molecule is COc1cc([N+](=O)[O-])ccc1NC(=O)/C=N\OCC(=O)N1CCCCC1. The van der Waals surface area contributed by atoms with Crippen molar-refractivity contribution in [2.75, 3.05) is 32.1 Å². The number of hydrogen-bond donors (Lipinski definition) is 1. The van der Waals surface area contributed by atoms with E-state index in [2.05, 4.69) is 10.5 Å². The van der Waals surface area contributed by atoms with E-state index in [4.69, 9.17) is 9.57 Å². The monoisotopic (exact) mass is 364 g/mol. The minimum Gasteiger partial charge on any atom is -0.494 e. The van der Waals surface area contributed by atoms with Gasteiger partial charge in [0.05, 0.1) is 23.8 Å². The standard InChI is InChI=1S/C16H20N4O6/c1-25-14-9-12(20(23)24)5-6-13(14)18-15(21)10-17-26-11-16(22)19-7-3-2-4-8-19/h5-6,9-10H,2-4,7-8,11H2,1H3,(H,18,21)/b17-10-. The zero-order valence-electron chi connectivity index (χ0n) is 14.3. The summed E-state index contributed by atoms with van der Waals surface area (Å²) in [6.07, 6.45) is 3.96. The minimum atomic E-state index is -0.623. The van der Waals surface area contributed by atoms with Crippen LogP contribution in [0.4, 0.5) is 11.4 Å². The van der Waals surface area contributed by atoms with E-state index in [-0.39, 0.29) is 29.6 Å². The van der Waals surface area contributed by atoms with E-state index in [1.165, 1.54) is 25.3 Å². The molecule has 1 N–H and O–H groups in total. The van der Waals surface area contributed by atoms with Crippen molar-refractivity contribution < 1.29 is 24.1 Å². The molecule has 140 valence electrons. The van der Waals surface area contributed by atoms with Crippen molar-refractivity contribution in [3.05, 3.63) is 28.3 Å². The second-order valence-corrected chi connectivity index (χ2v) is 5.58. The molecule has 1 heterocycles. The minimum absolute atomic E-state index is 0.141. The molecule has 10 heteroatoms. The van der Waals surface area contributed by atoms with Gasteiger partial charge in [-0.05, 0) is 25.3 Å². The van der Waals surface area contributed by atoms with Crippen molar-refractivity contribution in [3.8, 4) is 5.75 Å². The lowest BCUT2D eigenvalue weighted by Crippen LogP contribution is -2.37. The van der Waals surface area contributed by atoms with Crippen molar-refractivity contribution >= 4 is 29.4 Å². The number of likely N-dealkylation sites (tertiary alicyclic amines) is 1. The lowest BCUT2D eigenvalue weighted by atomic mass is 10.1. The van der Waals surface area contributed by atoms with Crippen LogP contribution in [0.2, 0.25) is 0 Å². The molecule has 0 bridgehead atoms. The number of hydrogen-bond acceptors (Lipinski definition) is 7. The summed E-state index contributed by atoms with van der Waals surface area (Å²) in [4.78, 5) is 40.4. The van der Waals surface area contributed by atoms with Crippen LogP contribution in [-0.4, -0.2) is 54.7 Å². The van der Waals surface area contributed by atoms with Crippen molar-refractivity contribution in [2.24, 2.45) is 5.16 Å². The van der Waals surface area contributed by atoms with E-state index in [9.17, 15) is 19.7 Å². The number of nitrogens with zero attached hydrogens (tertiary/aromatic N) is 3. The van der Waals surface area contributed by atoms with Gasteiger partial charge in [-0.25, -0.2) is 0 Å². The number of anilines is 1. The molecule has 0 saturated carbocycles. The first-order valence-corrected chi connectivity index (χ1v) is 8.08. The molecule has 0 unspecified atom stereocenters. The first-order chi connectivity index (χ1) is 12.5. The number of amides is 2. The topological polar surface area (TPSA) is 123 Å². The average Bonchev–Trinajstić information content (AvgIpc) is 2.65. The Labute approximate surface area is 149 Å². The average molecular weight is 364 g/mol. The van der Waals surface area contributed by atoms with Crippen LogP contribution in [0.5, 0.6) is 5.75 Å². The second-order valence-electron chi connectivity index (χ2n) is 5.58. The Morgan fingerprint density at radius 1 is 1.35 bits per heavy atom. The number of nitro benzene ring substituents is 1. The first-order valence-electron chi connectivity index (χ1n) is 8.08. The molecule has 1 aromatic carbocycles. The number of carbonyl (C=O) groups excluding carboxylic acids is 2. The summed E-state index contributed by atoms with van der Waals surface area (Å²) < 4.78 is 5.02. The third-order valence-electron chi connectivity index (χ3n) is 3.80. The quantitative estimate of drug-likeness (QED) is 0.445. The second kappa shape index (κ2) is 9.35. The van der Waals surface area contributed by atoms with E-state index >= 15 is 0 Å². The number of piperidine rings is 1. The van der Waals surface area contributed by atoms with Gasteiger partial charge < -0.3 is 19.8 Å². The maximum atomic E-state index is 11.9. The van der Waals surface area contributed by atoms with Gasteiger partial charge in [0, 0.05) is 19.2 Å². The summed E-state index contributed by atoms with van der Waals surface area (Å²) in [5.41, 5.74) is 0.0898. The smallest absolute Gasteiger partial charge is 0.273 e. The molecule has 0 radical (unpaired) electrons. The van der Waals surface area contributed by atoms with E-state index < -0.39 is 10.8 Å². The van der Waals surface area contributed by atoms with Crippen molar-refractivity contribution in [1.82, 2.24) is 4.90 Å². The molecule has 26 heavy (non-hydrogen) atoms.